The van der Waals surface area contributed by atoms with Crippen LogP contribution in [0, 0.1) is 79.9 Å². The summed E-state index contributed by atoms with van der Waals surface area (Å²) in [6.07, 6.45) is 7.21. The number of carbonyl (C=O) groups excluding carboxylic acids is 6. The summed E-state index contributed by atoms with van der Waals surface area (Å²) >= 11 is 0. The van der Waals surface area contributed by atoms with Crippen molar-refractivity contribution in [3.8, 4) is 0 Å². The third-order valence-electron chi connectivity index (χ3n) is 6.78. The molecule has 6 rings (SSSR count). The van der Waals surface area contributed by atoms with E-state index in [-0.39, 0.29) is 124 Å². The molecule has 4 N–H and O–H groups in total. The molecule has 2 radical (unpaired) electrons. The zero-order valence-corrected chi connectivity index (χ0v) is 42.4. The van der Waals surface area contributed by atoms with E-state index in [1.165, 1.54) is 41.5 Å². The van der Waals surface area contributed by atoms with Crippen molar-refractivity contribution in [2.45, 2.75) is 41.5 Å². The first-order valence-corrected chi connectivity index (χ1v) is 18.1. The largest absolute Gasteiger partial charge is 3.00 e. The molecule has 0 fully saturated rings. The van der Waals surface area contributed by atoms with Crippen LogP contribution in [0.25, 0.3) is 43.6 Å². The van der Waals surface area contributed by atoms with Crippen molar-refractivity contribution >= 4 is 79.4 Å². The molecule has 4 aromatic heterocycles. The third-order valence-corrected chi connectivity index (χ3v) is 6.78. The van der Waals surface area contributed by atoms with Gasteiger partial charge in [-0.15, -0.1) is 0 Å². The van der Waals surface area contributed by atoms with Gasteiger partial charge in [-0.2, -0.15) is 0 Å². The zero-order chi connectivity index (χ0) is 49.7. The minimum Gasteiger partial charge on any atom is -0.545 e. The van der Waals surface area contributed by atoms with E-state index < -0.39 is 35.8 Å². The first-order valence-electron chi connectivity index (χ1n) is 18.1. The number of hydrogen-bond acceptors (Lipinski definition) is 16. The van der Waals surface area contributed by atoms with Gasteiger partial charge in [0, 0.05) is 46.3 Å². The normalized spacial score (nSPS) is 8.44. The summed E-state index contributed by atoms with van der Waals surface area (Å²) in [6, 6.07) is 24.3. The van der Waals surface area contributed by atoms with Crippen LogP contribution in [0.3, 0.4) is 0 Å². The van der Waals surface area contributed by atoms with E-state index in [1.807, 2.05) is 24.3 Å². The van der Waals surface area contributed by atoms with Crippen LogP contribution >= 0.6 is 0 Å². The molecule has 4 heterocycles. The average molecular weight is 1220 g/mol. The smallest absolute Gasteiger partial charge is 0.545 e. The molecule has 0 amide bonds. The van der Waals surface area contributed by atoms with Gasteiger partial charge in [-0.3, -0.25) is 19.9 Å². The quantitative estimate of drug-likeness (QED) is 0.154. The van der Waals surface area contributed by atoms with Crippen molar-refractivity contribution in [3.05, 3.63) is 170 Å². The molecule has 68 heavy (non-hydrogen) atoms. The van der Waals surface area contributed by atoms with Gasteiger partial charge in [-0.1, -0.05) is 88.0 Å². The van der Waals surface area contributed by atoms with Gasteiger partial charge in [0.25, 0.3) is 0 Å². The van der Waals surface area contributed by atoms with Gasteiger partial charge >= 0.3 is 79.9 Å². The molecule has 0 unspecified atom stereocenters. The number of carboxylic acids is 6. The van der Waals surface area contributed by atoms with Crippen LogP contribution in [0.1, 0.15) is 41.5 Å². The predicted octanol–water partition coefficient (Wildman–Crippen LogP) is -0.209. The Morgan fingerprint density at radius 2 is 0.441 bits per heavy atom. The van der Waals surface area contributed by atoms with Crippen molar-refractivity contribution in [1.82, 2.24) is 19.9 Å². The number of rotatable bonds is 6. The molecule has 2 aromatic carbocycles. The number of aliphatic carboxylic acids is 6. The zero-order valence-electron chi connectivity index (χ0n) is 37.9. The minimum atomic E-state index is -1.19. The first-order chi connectivity index (χ1) is 29.8. The SMILES string of the molecule is C=C(C)C(=O)[O-].C=C(C)C(=O)[O-].C=C(C)C(=O)[O-].C=C(C)C(=O)[O-].C=C(C)C(=O)[O-].C=C(C)C(=O)[O-].O.O.[Gd+3].[Gd+3].c1cnc2c(c1)ccc1cccnc12.c1cnc2c(c1)ccc1cccnc12. The number of pyridine rings is 4. The minimum absolute atomic E-state index is 0. The predicted molar refractivity (Wildman–Crippen MR) is 240 cm³/mol. The Kier molecular flexibility index (Phi) is 43.2. The summed E-state index contributed by atoms with van der Waals surface area (Å²) in [4.78, 5) is 74.3. The maximum absolute atomic E-state index is 9.49. The van der Waals surface area contributed by atoms with E-state index in [0.29, 0.717) is 0 Å². The molecule has 0 atom stereocenters. The molecule has 0 aliphatic rings. The molecule has 0 saturated carbocycles. The number of hydrogen-bond donors (Lipinski definition) is 0. The van der Waals surface area contributed by atoms with Crippen LogP contribution in [0.2, 0.25) is 0 Å². The van der Waals surface area contributed by atoms with Gasteiger partial charge in [0.2, 0.25) is 0 Å². The number of aromatic nitrogens is 4. The fraction of sp³-hybridized carbons (Fsp3) is 0.125. The molecular formula is C48H50Gd2N4O14. The molecular weight excluding hydrogens is 1170 g/mol. The summed E-state index contributed by atoms with van der Waals surface area (Å²) in [6.45, 7) is 26.9. The van der Waals surface area contributed by atoms with Crippen LogP contribution in [-0.2, 0) is 28.8 Å². The summed E-state index contributed by atoms with van der Waals surface area (Å²) in [7, 11) is 0. The molecule has 0 aliphatic carbocycles. The number of nitrogens with zero attached hydrogens (tertiary/aromatic N) is 4. The second-order valence-electron chi connectivity index (χ2n) is 12.8. The van der Waals surface area contributed by atoms with E-state index in [4.69, 9.17) is 0 Å². The summed E-state index contributed by atoms with van der Waals surface area (Å²) < 4.78 is 0. The van der Waals surface area contributed by atoms with Crippen LogP contribution in [-0.4, -0.2) is 66.7 Å². The van der Waals surface area contributed by atoms with Crippen molar-refractivity contribution in [2.24, 2.45) is 0 Å². The topological polar surface area (TPSA) is 355 Å². The van der Waals surface area contributed by atoms with Crippen molar-refractivity contribution in [1.29, 1.82) is 0 Å². The number of carbonyl (C=O) groups is 6. The Hall–Kier alpha value is -6.09. The fourth-order valence-corrected chi connectivity index (χ4v) is 3.36. The second-order valence-corrected chi connectivity index (χ2v) is 12.8. The van der Waals surface area contributed by atoms with Crippen molar-refractivity contribution in [2.75, 3.05) is 0 Å². The van der Waals surface area contributed by atoms with Crippen molar-refractivity contribution in [3.63, 3.8) is 0 Å². The van der Waals surface area contributed by atoms with Gasteiger partial charge in [-0.25, -0.2) is 0 Å². The van der Waals surface area contributed by atoms with Gasteiger partial charge in [-0.05, 0) is 99.2 Å². The molecule has 18 nitrogen and oxygen atoms in total. The third kappa shape index (κ3) is 32.6. The van der Waals surface area contributed by atoms with Gasteiger partial charge < -0.3 is 70.4 Å². The average Bonchev–Trinajstić information content (AvgIpc) is 3.25. The first kappa shape index (κ1) is 73.5. The summed E-state index contributed by atoms with van der Waals surface area (Å²) in [5.74, 6) is -7.11. The van der Waals surface area contributed by atoms with E-state index >= 15 is 0 Å². The molecule has 362 valence electrons. The van der Waals surface area contributed by atoms with Crippen LogP contribution in [0.15, 0.2) is 170 Å². The van der Waals surface area contributed by atoms with Gasteiger partial charge in [0.1, 0.15) is 0 Å². The van der Waals surface area contributed by atoms with Gasteiger partial charge in [0.05, 0.1) is 57.9 Å². The van der Waals surface area contributed by atoms with Crippen LogP contribution in [0.4, 0.5) is 0 Å². The maximum atomic E-state index is 9.49. The van der Waals surface area contributed by atoms with E-state index in [2.05, 4.69) is 108 Å². The van der Waals surface area contributed by atoms with Crippen molar-refractivity contribution < 1.29 is 150 Å². The van der Waals surface area contributed by atoms with Crippen LogP contribution < -0.4 is 30.6 Å². The van der Waals surface area contributed by atoms with Gasteiger partial charge in [0.15, 0.2) is 0 Å². The Balaban J connectivity index is -0.000000167. The maximum Gasteiger partial charge on any atom is 3.00 e. The Morgan fingerprint density at radius 1 is 0.324 bits per heavy atom. The molecule has 20 heteroatoms. The van der Waals surface area contributed by atoms with E-state index in [0.717, 1.165) is 43.6 Å². The number of fused-ring (bicyclic) bond motifs is 6. The Labute approximate surface area is 457 Å². The van der Waals surface area contributed by atoms with E-state index in [9.17, 15) is 59.4 Å². The number of benzene rings is 2. The second kappa shape index (κ2) is 40.0. The Bertz CT molecular complexity index is 2210. The molecule has 0 saturated heterocycles. The Morgan fingerprint density at radius 3 is 0.544 bits per heavy atom. The van der Waals surface area contributed by atoms with Crippen LogP contribution in [0.5, 0.6) is 0 Å². The standard InChI is InChI=1S/2C12H8N2.6C4H6O2.2Gd.2H2O/c2*1-3-9-5-6-10-4-2-8-14-12(10)11(9)13-7-1;6*1-3(2)4(5)6;;;;/h2*1-8H;6*1H2,2H3,(H,5,6);;;2*1H2/q;;;;;;;;2*+3;;/p-6. The summed E-state index contributed by atoms with van der Waals surface area (Å²) in [5.41, 5.74) is 4.30. The molecule has 0 bridgehead atoms. The number of carboxylic acid groups (broad SMARTS) is 6. The monoisotopic (exact) mass is 1220 g/mol. The molecule has 6 aromatic rings. The summed E-state index contributed by atoms with van der Waals surface area (Å²) in [5, 5.41) is 61.5. The van der Waals surface area contributed by atoms with E-state index in [1.54, 1.807) is 24.8 Å². The molecule has 0 spiro atoms. The fourth-order valence-electron chi connectivity index (χ4n) is 3.36. The molecule has 0 aliphatic heterocycles.